The van der Waals surface area contributed by atoms with Crippen LogP contribution in [0.5, 0.6) is 0 Å². The Morgan fingerprint density at radius 2 is 1.92 bits per heavy atom. The summed E-state index contributed by atoms with van der Waals surface area (Å²) in [6, 6.07) is 8.80. The van der Waals surface area contributed by atoms with E-state index in [2.05, 4.69) is 25.2 Å². The number of rotatable bonds is 3. The fourth-order valence-corrected chi connectivity index (χ4v) is 5.80. The average molecular weight is 344 g/mol. The van der Waals surface area contributed by atoms with Crippen LogP contribution in [0, 0.1) is 11.3 Å². The van der Waals surface area contributed by atoms with E-state index in [1.54, 1.807) is 31.4 Å². The van der Waals surface area contributed by atoms with Gasteiger partial charge in [0.25, 0.3) is 0 Å². The van der Waals surface area contributed by atoms with Gasteiger partial charge in [0, 0.05) is 11.3 Å². The summed E-state index contributed by atoms with van der Waals surface area (Å²) >= 11 is 0. The Labute approximate surface area is 144 Å². The van der Waals surface area contributed by atoms with Gasteiger partial charge in [0.05, 0.1) is 17.3 Å². The first-order chi connectivity index (χ1) is 11.5. The highest BCUT2D eigenvalue weighted by molar-refractivity contribution is 7.92. The standard InChI is InChI=1S/C20H24O3S/c1-20-13-8-4-7-11-19(18(20)15-16(23-2)12-14-20)24(21,22)17-9-5-3-6-10-17/h3,5-6,8-10,12-15,18-19H,4,7,11H2,1-2H3/b13-8-/t18-,19-,20-/m1/s1. The van der Waals surface area contributed by atoms with Crippen molar-refractivity contribution in [2.75, 3.05) is 7.11 Å². The van der Waals surface area contributed by atoms with Crippen LogP contribution >= 0.6 is 0 Å². The summed E-state index contributed by atoms with van der Waals surface area (Å²) < 4.78 is 32.0. The monoisotopic (exact) mass is 344 g/mol. The van der Waals surface area contributed by atoms with Gasteiger partial charge in [-0.1, -0.05) is 43.4 Å². The van der Waals surface area contributed by atoms with Crippen LogP contribution in [0.3, 0.4) is 0 Å². The van der Waals surface area contributed by atoms with Gasteiger partial charge in [-0.05, 0) is 43.5 Å². The van der Waals surface area contributed by atoms with Crippen LogP contribution in [0.25, 0.3) is 0 Å². The Morgan fingerprint density at radius 3 is 2.62 bits per heavy atom. The summed E-state index contributed by atoms with van der Waals surface area (Å²) in [5.74, 6) is 0.596. The van der Waals surface area contributed by atoms with Gasteiger partial charge >= 0.3 is 0 Å². The minimum atomic E-state index is -3.41. The smallest absolute Gasteiger partial charge is 0.181 e. The van der Waals surface area contributed by atoms with E-state index < -0.39 is 15.1 Å². The molecule has 3 atom stereocenters. The molecule has 2 aliphatic carbocycles. The number of hydrogen-bond acceptors (Lipinski definition) is 3. The van der Waals surface area contributed by atoms with Crippen molar-refractivity contribution in [1.82, 2.24) is 0 Å². The number of fused-ring (bicyclic) bond motifs is 1. The molecule has 0 spiro atoms. The first kappa shape index (κ1) is 17.0. The summed E-state index contributed by atoms with van der Waals surface area (Å²) in [7, 11) is -1.79. The second-order valence-electron chi connectivity index (χ2n) is 6.73. The van der Waals surface area contributed by atoms with E-state index in [0.717, 1.165) is 18.6 Å². The third-order valence-electron chi connectivity index (χ3n) is 5.11. The second kappa shape index (κ2) is 6.60. The van der Waals surface area contributed by atoms with E-state index in [1.807, 2.05) is 18.2 Å². The highest BCUT2D eigenvalue weighted by Gasteiger charge is 2.43. The third-order valence-corrected chi connectivity index (χ3v) is 7.37. The molecule has 0 amide bonds. The van der Waals surface area contributed by atoms with Crippen LogP contribution in [-0.2, 0) is 14.6 Å². The zero-order chi connectivity index (χ0) is 17.2. The maximum absolute atomic E-state index is 13.3. The zero-order valence-electron chi connectivity index (χ0n) is 14.2. The highest BCUT2D eigenvalue weighted by Crippen LogP contribution is 2.44. The molecule has 0 aliphatic heterocycles. The molecular formula is C20H24O3S. The van der Waals surface area contributed by atoms with Crippen molar-refractivity contribution in [1.29, 1.82) is 0 Å². The number of hydrogen-bond donors (Lipinski definition) is 0. The average Bonchev–Trinajstić information content (AvgIpc) is 2.58. The Balaban J connectivity index is 2.10. The number of sulfone groups is 1. The molecule has 0 saturated heterocycles. The number of ether oxygens (including phenoxy) is 1. The molecule has 0 fully saturated rings. The van der Waals surface area contributed by atoms with Gasteiger partial charge in [-0.25, -0.2) is 8.42 Å². The molecule has 2 aliphatic rings. The van der Waals surface area contributed by atoms with Gasteiger partial charge in [-0.2, -0.15) is 0 Å². The summed E-state index contributed by atoms with van der Waals surface area (Å²) in [5.41, 5.74) is -0.311. The SMILES string of the molecule is COC1=C[C@@H]2[C@H](S(=O)(=O)c3ccccc3)CCC/C=C\[C@]2(C)C=C1. The van der Waals surface area contributed by atoms with Crippen LogP contribution < -0.4 is 0 Å². The molecule has 0 radical (unpaired) electrons. The molecule has 3 nitrogen and oxygen atoms in total. The zero-order valence-corrected chi connectivity index (χ0v) is 15.0. The van der Waals surface area contributed by atoms with Crippen molar-refractivity contribution in [3.8, 4) is 0 Å². The lowest BCUT2D eigenvalue weighted by Gasteiger charge is -2.39. The summed E-state index contributed by atoms with van der Waals surface area (Å²) in [5, 5.41) is -0.454. The van der Waals surface area contributed by atoms with E-state index >= 15 is 0 Å². The van der Waals surface area contributed by atoms with Crippen molar-refractivity contribution in [3.05, 3.63) is 66.5 Å². The summed E-state index contributed by atoms with van der Waals surface area (Å²) in [6.07, 6.45) is 12.8. The van der Waals surface area contributed by atoms with Crippen molar-refractivity contribution in [2.45, 2.75) is 36.3 Å². The lowest BCUT2D eigenvalue weighted by Crippen LogP contribution is -2.40. The molecule has 0 N–H and O–H groups in total. The molecule has 0 unspecified atom stereocenters. The molecule has 0 saturated carbocycles. The summed E-state index contributed by atoms with van der Waals surface area (Å²) in [6.45, 7) is 2.10. The van der Waals surface area contributed by atoms with E-state index in [9.17, 15) is 8.42 Å². The van der Waals surface area contributed by atoms with E-state index in [1.165, 1.54) is 0 Å². The molecule has 128 valence electrons. The summed E-state index contributed by atoms with van der Waals surface area (Å²) in [4.78, 5) is 0.406. The Bertz CT molecular complexity index is 774. The van der Waals surface area contributed by atoms with Gasteiger partial charge in [0.1, 0.15) is 5.76 Å². The largest absolute Gasteiger partial charge is 0.497 e. The fourth-order valence-electron chi connectivity index (χ4n) is 3.68. The maximum atomic E-state index is 13.3. The molecule has 3 rings (SSSR count). The minimum Gasteiger partial charge on any atom is -0.497 e. The van der Waals surface area contributed by atoms with E-state index in [4.69, 9.17) is 4.74 Å². The molecule has 24 heavy (non-hydrogen) atoms. The van der Waals surface area contributed by atoms with Gasteiger partial charge in [-0.3, -0.25) is 0 Å². The van der Waals surface area contributed by atoms with E-state index in [-0.39, 0.29) is 11.3 Å². The van der Waals surface area contributed by atoms with Gasteiger partial charge in [0.2, 0.25) is 0 Å². The molecule has 1 aromatic carbocycles. The molecule has 4 heteroatoms. The molecule has 1 aromatic rings. The molecule has 0 heterocycles. The van der Waals surface area contributed by atoms with E-state index in [0.29, 0.717) is 11.3 Å². The van der Waals surface area contributed by atoms with Crippen molar-refractivity contribution < 1.29 is 13.2 Å². The maximum Gasteiger partial charge on any atom is 0.181 e. The molecule has 0 bridgehead atoms. The van der Waals surface area contributed by atoms with Crippen LogP contribution in [0.1, 0.15) is 26.2 Å². The lowest BCUT2D eigenvalue weighted by atomic mass is 9.70. The lowest BCUT2D eigenvalue weighted by molar-refractivity contribution is 0.275. The first-order valence-corrected chi connectivity index (χ1v) is 9.94. The Hall–Kier alpha value is -1.81. The minimum absolute atomic E-state index is 0.140. The van der Waals surface area contributed by atoms with Crippen LogP contribution in [-0.4, -0.2) is 20.8 Å². The number of benzene rings is 1. The Kier molecular flexibility index (Phi) is 4.68. The van der Waals surface area contributed by atoms with Gasteiger partial charge in [0.15, 0.2) is 9.84 Å². The van der Waals surface area contributed by atoms with Crippen molar-refractivity contribution in [3.63, 3.8) is 0 Å². The highest BCUT2D eigenvalue weighted by atomic mass is 32.2. The predicted molar refractivity (Wildman–Crippen MR) is 96.2 cm³/mol. The van der Waals surface area contributed by atoms with Crippen molar-refractivity contribution >= 4 is 9.84 Å². The van der Waals surface area contributed by atoms with Gasteiger partial charge < -0.3 is 4.74 Å². The first-order valence-electron chi connectivity index (χ1n) is 8.39. The Morgan fingerprint density at radius 1 is 1.17 bits per heavy atom. The molecular weight excluding hydrogens is 320 g/mol. The molecule has 0 aromatic heterocycles. The van der Waals surface area contributed by atoms with Crippen LogP contribution in [0.15, 0.2) is 71.4 Å². The van der Waals surface area contributed by atoms with Crippen LogP contribution in [0.4, 0.5) is 0 Å². The van der Waals surface area contributed by atoms with Crippen molar-refractivity contribution in [2.24, 2.45) is 11.3 Å². The number of methoxy groups -OCH3 is 1. The topological polar surface area (TPSA) is 43.4 Å². The normalized spacial score (nSPS) is 31.3. The third kappa shape index (κ3) is 3.07. The predicted octanol–water partition coefficient (Wildman–Crippen LogP) is 4.29. The number of allylic oxidation sites excluding steroid dienone is 5. The quantitative estimate of drug-likeness (QED) is 0.768. The fraction of sp³-hybridized carbons (Fsp3) is 0.400. The second-order valence-corrected chi connectivity index (χ2v) is 8.90. The van der Waals surface area contributed by atoms with Gasteiger partial charge in [-0.15, -0.1) is 0 Å². The van der Waals surface area contributed by atoms with Crippen LogP contribution in [0.2, 0.25) is 0 Å².